The van der Waals surface area contributed by atoms with Crippen LogP contribution in [0.2, 0.25) is 0 Å². The highest BCUT2D eigenvalue weighted by atomic mass is 32.2. The molecule has 0 bridgehead atoms. The van der Waals surface area contributed by atoms with E-state index in [0.29, 0.717) is 12.8 Å². The Bertz CT molecular complexity index is 696. The number of nitrogens with zero attached hydrogens (tertiary/aromatic N) is 2. The first-order valence-electron chi connectivity index (χ1n) is 7.09. The van der Waals surface area contributed by atoms with Crippen molar-refractivity contribution >= 4 is 9.84 Å². The van der Waals surface area contributed by atoms with Crippen molar-refractivity contribution in [3.05, 3.63) is 54.1 Å². The fourth-order valence-corrected chi connectivity index (χ4v) is 4.31. The molecule has 0 spiro atoms. The van der Waals surface area contributed by atoms with Crippen molar-refractivity contribution in [3.63, 3.8) is 0 Å². The fourth-order valence-electron chi connectivity index (χ4n) is 2.85. The van der Waals surface area contributed by atoms with Gasteiger partial charge in [-0.2, -0.15) is 0 Å². The highest BCUT2D eigenvalue weighted by Crippen LogP contribution is 2.28. The van der Waals surface area contributed by atoms with E-state index in [-0.39, 0.29) is 23.6 Å². The average Bonchev–Trinajstić information content (AvgIpc) is 2.97. The molecule has 112 valence electrons. The second-order valence-corrected chi connectivity index (χ2v) is 7.80. The summed E-state index contributed by atoms with van der Waals surface area (Å²) in [4.78, 5) is 4.21. The van der Waals surface area contributed by atoms with Crippen molar-refractivity contribution < 1.29 is 8.42 Å². The Hall–Kier alpha value is -1.66. The van der Waals surface area contributed by atoms with Gasteiger partial charge in [-0.25, -0.2) is 13.4 Å². The number of imidazole rings is 1. The van der Waals surface area contributed by atoms with Crippen LogP contribution in [0.4, 0.5) is 0 Å². The predicted molar refractivity (Wildman–Crippen MR) is 81.6 cm³/mol. The number of benzene rings is 1. The number of aromatic nitrogens is 2. The molecule has 2 aromatic rings. The first kappa shape index (κ1) is 14.3. The van der Waals surface area contributed by atoms with Crippen LogP contribution in [0.25, 0.3) is 0 Å². The van der Waals surface area contributed by atoms with Crippen LogP contribution in [0.5, 0.6) is 0 Å². The van der Waals surface area contributed by atoms with E-state index in [1.165, 1.54) is 0 Å². The van der Waals surface area contributed by atoms with Crippen LogP contribution in [0.3, 0.4) is 0 Å². The van der Waals surface area contributed by atoms with E-state index in [9.17, 15) is 8.42 Å². The van der Waals surface area contributed by atoms with Gasteiger partial charge in [-0.3, -0.25) is 0 Å². The summed E-state index contributed by atoms with van der Waals surface area (Å²) in [5.41, 5.74) is 8.31. The third-order valence-corrected chi connectivity index (χ3v) is 5.81. The summed E-state index contributed by atoms with van der Waals surface area (Å²) >= 11 is 0. The molecule has 1 aliphatic heterocycles. The zero-order valence-electron chi connectivity index (χ0n) is 11.7. The van der Waals surface area contributed by atoms with Gasteiger partial charge in [0.2, 0.25) is 0 Å². The van der Waals surface area contributed by atoms with Gasteiger partial charge in [0.05, 0.1) is 35.8 Å². The minimum Gasteiger partial charge on any atom is -0.330 e. The molecule has 1 saturated heterocycles. The number of hydrogen-bond donors (Lipinski definition) is 1. The van der Waals surface area contributed by atoms with Crippen LogP contribution >= 0.6 is 0 Å². The number of hydrogen-bond acceptors (Lipinski definition) is 4. The van der Waals surface area contributed by atoms with Gasteiger partial charge in [-0.05, 0) is 18.4 Å². The smallest absolute Gasteiger partial charge is 0.150 e. The SMILES string of the molecule is NC(c1ccccc1)c1cncn1C1CCS(=O)(=O)CC1. The summed E-state index contributed by atoms with van der Waals surface area (Å²) in [5.74, 6) is 0.492. The van der Waals surface area contributed by atoms with Crippen LogP contribution in [-0.4, -0.2) is 29.5 Å². The summed E-state index contributed by atoms with van der Waals surface area (Å²) < 4.78 is 25.2. The Kier molecular flexibility index (Phi) is 3.82. The van der Waals surface area contributed by atoms with Crippen molar-refractivity contribution in [1.29, 1.82) is 0 Å². The molecule has 1 atom stereocenters. The van der Waals surface area contributed by atoms with Gasteiger partial charge in [0.1, 0.15) is 9.84 Å². The Labute approximate surface area is 124 Å². The molecule has 2 heterocycles. The molecule has 1 aliphatic rings. The van der Waals surface area contributed by atoms with Crippen LogP contribution in [-0.2, 0) is 9.84 Å². The lowest BCUT2D eigenvalue weighted by Crippen LogP contribution is -2.27. The van der Waals surface area contributed by atoms with Crippen LogP contribution in [0, 0.1) is 0 Å². The Morgan fingerprint density at radius 3 is 2.52 bits per heavy atom. The standard InChI is InChI=1S/C15H19N3O2S/c16-15(12-4-2-1-3-5-12)14-10-17-11-18(14)13-6-8-21(19,20)9-7-13/h1-5,10-11,13,15H,6-9,16H2. The van der Waals surface area contributed by atoms with E-state index < -0.39 is 9.84 Å². The molecule has 0 amide bonds. The Balaban J connectivity index is 1.85. The van der Waals surface area contributed by atoms with E-state index in [0.717, 1.165) is 11.3 Å². The molecule has 6 heteroatoms. The predicted octanol–water partition coefficient (Wildman–Crippen LogP) is 1.68. The summed E-state index contributed by atoms with van der Waals surface area (Å²) in [5, 5.41) is 0. The van der Waals surface area contributed by atoms with E-state index in [2.05, 4.69) is 4.98 Å². The highest BCUT2D eigenvalue weighted by Gasteiger charge is 2.27. The van der Waals surface area contributed by atoms with Crippen molar-refractivity contribution in [2.24, 2.45) is 5.73 Å². The lowest BCUT2D eigenvalue weighted by molar-refractivity contribution is 0.434. The van der Waals surface area contributed by atoms with E-state index in [4.69, 9.17) is 5.73 Å². The zero-order valence-corrected chi connectivity index (χ0v) is 12.5. The van der Waals surface area contributed by atoms with Crippen molar-refractivity contribution in [2.45, 2.75) is 24.9 Å². The molecule has 5 nitrogen and oxygen atoms in total. The Morgan fingerprint density at radius 1 is 1.19 bits per heavy atom. The molecule has 1 unspecified atom stereocenters. The van der Waals surface area contributed by atoms with Gasteiger partial charge in [0.15, 0.2) is 0 Å². The molecule has 0 saturated carbocycles. The minimum atomic E-state index is -2.86. The summed E-state index contributed by atoms with van der Waals surface area (Å²) in [6.45, 7) is 0. The first-order chi connectivity index (χ1) is 10.1. The monoisotopic (exact) mass is 305 g/mol. The lowest BCUT2D eigenvalue weighted by atomic mass is 10.0. The summed E-state index contributed by atoms with van der Waals surface area (Å²) in [6, 6.07) is 9.79. The van der Waals surface area contributed by atoms with Crippen LogP contribution in [0.1, 0.15) is 36.2 Å². The summed E-state index contributed by atoms with van der Waals surface area (Å²) in [7, 11) is -2.86. The number of sulfone groups is 1. The third kappa shape index (κ3) is 3.01. The van der Waals surface area contributed by atoms with Crippen molar-refractivity contribution in [1.82, 2.24) is 9.55 Å². The molecular formula is C15H19N3O2S. The van der Waals surface area contributed by atoms with Crippen LogP contribution < -0.4 is 5.73 Å². The van der Waals surface area contributed by atoms with E-state index in [1.54, 1.807) is 12.5 Å². The third-order valence-electron chi connectivity index (χ3n) is 4.09. The van der Waals surface area contributed by atoms with Gasteiger partial charge in [0, 0.05) is 6.04 Å². The van der Waals surface area contributed by atoms with E-state index >= 15 is 0 Å². The maximum atomic E-state index is 11.6. The first-order valence-corrected chi connectivity index (χ1v) is 8.91. The number of nitrogens with two attached hydrogens (primary N) is 1. The Morgan fingerprint density at radius 2 is 1.86 bits per heavy atom. The quantitative estimate of drug-likeness (QED) is 0.936. The zero-order chi connectivity index (χ0) is 14.9. The highest BCUT2D eigenvalue weighted by molar-refractivity contribution is 7.91. The molecule has 2 N–H and O–H groups in total. The molecule has 1 aromatic heterocycles. The van der Waals surface area contributed by atoms with E-state index in [1.807, 2.05) is 34.9 Å². The largest absolute Gasteiger partial charge is 0.330 e. The number of rotatable bonds is 3. The van der Waals surface area contributed by atoms with Gasteiger partial charge in [-0.1, -0.05) is 30.3 Å². The van der Waals surface area contributed by atoms with Gasteiger partial charge >= 0.3 is 0 Å². The molecule has 21 heavy (non-hydrogen) atoms. The fraction of sp³-hybridized carbons (Fsp3) is 0.400. The second-order valence-electron chi connectivity index (χ2n) is 5.50. The molecule has 1 fully saturated rings. The average molecular weight is 305 g/mol. The second kappa shape index (κ2) is 5.61. The molecular weight excluding hydrogens is 286 g/mol. The molecule has 0 aliphatic carbocycles. The van der Waals surface area contributed by atoms with Gasteiger partial charge < -0.3 is 10.3 Å². The van der Waals surface area contributed by atoms with Gasteiger partial charge in [0.25, 0.3) is 0 Å². The van der Waals surface area contributed by atoms with Gasteiger partial charge in [-0.15, -0.1) is 0 Å². The topological polar surface area (TPSA) is 78.0 Å². The molecule has 3 rings (SSSR count). The van der Waals surface area contributed by atoms with Crippen LogP contribution in [0.15, 0.2) is 42.9 Å². The van der Waals surface area contributed by atoms with Crippen molar-refractivity contribution in [2.75, 3.05) is 11.5 Å². The maximum Gasteiger partial charge on any atom is 0.150 e. The lowest BCUT2D eigenvalue weighted by Gasteiger charge is -2.26. The molecule has 0 radical (unpaired) electrons. The maximum absolute atomic E-state index is 11.6. The minimum absolute atomic E-state index is 0.167. The molecule has 1 aromatic carbocycles. The van der Waals surface area contributed by atoms with Crippen molar-refractivity contribution in [3.8, 4) is 0 Å². The summed E-state index contributed by atoms with van der Waals surface area (Å²) in [6.07, 6.45) is 4.81. The normalized spacial score (nSPS) is 20.2.